The zero-order valence-corrected chi connectivity index (χ0v) is 17.1. The Kier molecular flexibility index (Phi) is 8.05. The molecule has 1 aromatic heterocycles. The lowest BCUT2D eigenvalue weighted by Crippen LogP contribution is -2.49. The molecule has 2 heterocycles. The van der Waals surface area contributed by atoms with E-state index in [1.807, 2.05) is 0 Å². The van der Waals surface area contributed by atoms with E-state index in [1.54, 1.807) is 19.2 Å². The highest BCUT2D eigenvalue weighted by molar-refractivity contribution is 14.0. The molecular formula is C17H29IN4O2. The maximum absolute atomic E-state index is 11.1. The van der Waals surface area contributed by atoms with Crippen LogP contribution in [0.4, 0.5) is 0 Å². The molecule has 0 aromatic carbocycles. The fraction of sp³-hybridized carbons (Fsp3) is 0.647. The van der Waals surface area contributed by atoms with Crippen LogP contribution < -0.4 is 11.1 Å². The molecule has 1 amide bonds. The third-order valence-electron chi connectivity index (χ3n) is 4.47. The van der Waals surface area contributed by atoms with Gasteiger partial charge in [0.05, 0.1) is 6.54 Å². The van der Waals surface area contributed by atoms with Crippen LogP contribution in [0.1, 0.15) is 55.8 Å². The van der Waals surface area contributed by atoms with Crippen LogP contribution in [0.2, 0.25) is 0 Å². The molecule has 0 radical (unpaired) electrons. The van der Waals surface area contributed by atoms with Gasteiger partial charge in [0.1, 0.15) is 5.76 Å². The van der Waals surface area contributed by atoms with Crippen molar-refractivity contribution in [2.24, 2.45) is 16.1 Å². The molecule has 1 atom stereocenters. The summed E-state index contributed by atoms with van der Waals surface area (Å²) in [6.07, 6.45) is 4.90. The van der Waals surface area contributed by atoms with Crippen LogP contribution in [-0.4, -0.2) is 36.9 Å². The molecule has 1 fully saturated rings. The van der Waals surface area contributed by atoms with Gasteiger partial charge in [0.2, 0.25) is 0 Å². The van der Waals surface area contributed by atoms with Gasteiger partial charge in [0, 0.05) is 20.1 Å². The molecular weight excluding hydrogens is 419 g/mol. The molecule has 1 aromatic rings. The summed E-state index contributed by atoms with van der Waals surface area (Å²) in [7, 11) is 1.80. The summed E-state index contributed by atoms with van der Waals surface area (Å²) in [5, 5.41) is 3.32. The van der Waals surface area contributed by atoms with Crippen LogP contribution in [0.3, 0.4) is 0 Å². The van der Waals surface area contributed by atoms with Crippen LogP contribution in [-0.2, 0) is 6.54 Å². The van der Waals surface area contributed by atoms with Crippen LogP contribution in [0.15, 0.2) is 21.5 Å². The van der Waals surface area contributed by atoms with E-state index in [2.05, 4.69) is 29.1 Å². The number of aliphatic imine (C=N–C) groups is 1. The predicted molar refractivity (Wildman–Crippen MR) is 107 cm³/mol. The summed E-state index contributed by atoms with van der Waals surface area (Å²) in [4.78, 5) is 17.8. The van der Waals surface area contributed by atoms with Gasteiger partial charge in [-0.2, -0.15) is 0 Å². The number of furan rings is 1. The lowest BCUT2D eigenvalue weighted by Gasteiger charge is -2.42. The molecule has 0 aliphatic carbocycles. The van der Waals surface area contributed by atoms with Crippen LogP contribution in [0.25, 0.3) is 0 Å². The van der Waals surface area contributed by atoms with E-state index in [4.69, 9.17) is 10.2 Å². The van der Waals surface area contributed by atoms with Crippen molar-refractivity contribution in [3.05, 3.63) is 23.7 Å². The molecule has 0 spiro atoms. The number of piperidine rings is 1. The molecule has 1 aliphatic heterocycles. The standard InChI is InChI=1S/C17H28N4O2.HI/c1-4-8-17(2)9-5-10-21(12-17)16(19-3)20-11-13-6-7-14(23-13)15(18)22;/h6-7H,4-5,8-12H2,1-3H3,(H2,18,22)(H,19,20);1H. The van der Waals surface area contributed by atoms with E-state index < -0.39 is 5.91 Å². The van der Waals surface area contributed by atoms with Crippen molar-refractivity contribution in [2.45, 2.75) is 46.1 Å². The first kappa shape index (κ1) is 20.8. The average molecular weight is 448 g/mol. The third kappa shape index (κ3) is 5.39. The van der Waals surface area contributed by atoms with Crippen LogP contribution in [0, 0.1) is 5.41 Å². The topological polar surface area (TPSA) is 83.9 Å². The van der Waals surface area contributed by atoms with Crippen molar-refractivity contribution in [2.75, 3.05) is 20.1 Å². The molecule has 136 valence electrons. The summed E-state index contributed by atoms with van der Waals surface area (Å²) in [6, 6.07) is 3.36. The highest BCUT2D eigenvalue weighted by Crippen LogP contribution is 2.33. The molecule has 2 rings (SSSR count). The van der Waals surface area contributed by atoms with Gasteiger partial charge in [-0.25, -0.2) is 0 Å². The second-order valence-corrected chi connectivity index (χ2v) is 6.62. The minimum Gasteiger partial charge on any atom is -0.454 e. The zero-order valence-electron chi connectivity index (χ0n) is 14.8. The number of halogens is 1. The van der Waals surface area contributed by atoms with Gasteiger partial charge in [0.15, 0.2) is 11.7 Å². The van der Waals surface area contributed by atoms with E-state index in [0.29, 0.717) is 17.7 Å². The van der Waals surface area contributed by atoms with Crippen molar-refractivity contribution in [3.63, 3.8) is 0 Å². The van der Waals surface area contributed by atoms with Crippen LogP contribution >= 0.6 is 24.0 Å². The number of amides is 1. The number of hydrogen-bond acceptors (Lipinski definition) is 3. The first-order valence-corrected chi connectivity index (χ1v) is 8.31. The lowest BCUT2D eigenvalue weighted by atomic mass is 9.78. The zero-order chi connectivity index (χ0) is 16.9. The van der Waals surface area contributed by atoms with Crippen molar-refractivity contribution >= 4 is 35.8 Å². The number of nitrogens with zero attached hydrogens (tertiary/aromatic N) is 2. The third-order valence-corrected chi connectivity index (χ3v) is 4.47. The molecule has 6 nitrogen and oxygen atoms in total. The lowest BCUT2D eigenvalue weighted by molar-refractivity contribution is 0.0972. The van der Waals surface area contributed by atoms with Gasteiger partial charge >= 0.3 is 0 Å². The average Bonchev–Trinajstić information content (AvgIpc) is 2.97. The number of carbonyl (C=O) groups is 1. The number of nitrogens with one attached hydrogen (secondary N) is 1. The minimum absolute atomic E-state index is 0. The molecule has 0 saturated carbocycles. The Labute approximate surface area is 161 Å². The van der Waals surface area contributed by atoms with Gasteiger partial charge in [0.25, 0.3) is 5.91 Å². The summed E-state index contributed by atoms with van der Waals surface area (Å²) in [5.74, 6) is 1.19. The first-order valence-electron chi connectivity index (χ1n) is 8.31. The molecule has 24 heavy (non-hydrogen) atoms. The number of carbonyl (C=O) groups excluding carboxylic acids is 1. The van der Waals surface area contributed by atoms with Crippen molar-refractivity contribution in [1.82, 2.24) is 10.2 Å². The molecule has 1 aliphatic rings. The van der Waals surface area contributed by atoms with Crippen molar-refractivity contribution in [3.8, 4) is 0 Å². The van der Waals surface area contributed by atoms with Crippen LogP contribution in [0.5, 0.6) is 0 Å². The van der Waals surface area contributed by atoms with Gasteiger partial charge < -0.3 is 20.4 Å². The molecule has 3 N–H and O–H groups in total. The maximum Gasteiger partial charge on any atom is 0.284 e. The Morgan fingerprint density at radius 1 is 1.50 bits per heavy atom. The number of guanidine groups is 1. The summed E-state index contributed by atoms with van der Waals surface area (Å²) in [6.45, 7) is 7.13. The Morgan fingerprint density at radius 3 is 2.83 bits per heavy atom. The highest BCUT2D eigenvalue weighted by Gasteiger charge is 2.31. The van der Waals surface area contributed by atoms with Gasteiger partial charge in [-0.1, -0.05) is 20.3 Å². The van der Waals surface area contributed by atoms with Crippen molar-refractivity contribution < 1.29 is 9.21 Å². The van der Waals surface area contributed by atoms with Gasteiger partial charge in [-0.05, 0) is 36.8 Å². The van der Waals surface area contributed by atoms with E-state index in [9.17, 15) is 4.79 Å². The van der Waals surface area contributed by atoms with E-state index in [0.717, 1.165) is 19.0 Å². The molecule has 1 unspecified atom stereocenters. The highest BCUT2D eigenvalue weighted by atomic mass is 127. The molecule has 7 heteroatoms. The Bertz CT molecular complexity index is 569. The number of nitrogens with two attached hydrogens (primary N) is 1. The van der Waals surface area contributed by atoms with E-state index in [-0.39, 0.29) is 29.7 Å². The number of rotatable bonds is 5. The quantitative estimate of drug-likeness (QED) is 0.412. The normalized spacial score (nSPS) is 21.3. The smallest absolute Gasteiger partial charge is 0.284 e. The summed E-state index contributed by atoms with van der Waals surface area (Å²) < 4.78 is 5.40. The molecule has 1 saturated heterocycles. The fourth-order valence-corrected chi connectivity index (χ4v) is 3.41. The Hall–Kier alpha value is -1.25. The fourth-order valence-electron chi connectivity index (χ4n) is 3.41. The first-order chi connectivity index (χ1) is 11.0. The summed E-state index contributed by atoms with van der Waals surface area (Å²) >= 11 is 0. The number of primary amides is 1. The van der Waals surface area contributed by atoms with E-state index >= 15 is 0 Å². The SMILES string of the molecule is CCCC1(C)CCCN(C(=NC)NCc2ccc(C(N)=O)o2)C1.I. The molecule has 0 bridgehead atoms. The van der Waals surface area contributed by atoms with Crippen molar-refractivity contribution in [1.29, 1.82) is 0 Å². The Morgan fingerprint density at radius 2 is 2.25 bits per heavy atom. The monoisotopic (exact) mass is 448 g/mol. The number of likely N-dealkylation sites (tertiary alicyclic amines) is 1. The second-order valence-electron chi connectivity index (χ2n) is 6.62. The van der Waals surface area contributed by atoms with Gasteiger partial charge in [-0.15, -0.1) is 24.0 Å². The minimum atomic E-state index is -0.549. The maximum atomic E-state index is 11.1. The predicted octanol–water partition coefficient (Wildman–Crippen LogP) is 2.97. The second kappa shape index (κ2) is 9.29. The van der Waals surface area contributed by atoms with E-state index in [1.165, 1.54) is 25.7 Å². The largest absolute Gasteiger partial charge is 0.454 e. The summed E-state index contributed by atoms with van der Waals surface area (Å²) in [5.41, 5.74) is 5.55. The number of hydrogen-bond donors (Lipinski definition) is 2. The van der Waals surface area contributed by atoms with Gasteiger partial charge in [-0.3, -0.25) is 9.79 Å². The Balaban J connectivity index is 0.00000288.